The second-order valence-corrected chi connectivity index (χ2v) is 7.16. The summed E-state index contributed by atoms with van der Waals surface area (Å²) in [5.74, 6) is 0.604. The summed E-state index contributed by atoms with van der Waals surface area (Å²) < 4.78 is 6.04. The average Bonchev–Trinajstić information content (AvgIpc) is 3.42. The van der Waals surface area contributed by atoms with Crippen molar-refractivity contribution in [1.29, 1.82) is 5.26 Å². The molecule has 0 unspecified atom stereocenters. The van der Waals surface area contributed by atoms with Crippen molar-refractivity contribution in [3.8, 4) is 17.4 Å². The molecule has 2 aromatic carbocycles. The molecule has 0 atom stereocenters. The fourth-order valence-electron chi connectivity index (χ4n) is 3.74. The molecule has 6 nitrogen and oxygen atoms in total. The second kappa shape index (κ2) is 7.07. The normalized spacial score (nSPS) is 11.1. The number of aryl methyl sites for hydroxylation is 1. The first kappa shape index (κ1) is 18.0. The fourth-order valence-corrected chi connectivity index (χ4v) is 3.74. The van der Waals surface area contributed by atoms with E-state index in [4.69, 9.17) is 4.42 Å². The number of aromatic nitrogens is 2. The molecule has 5 aromatic rings. The lowest BCUT2D eigenvalue weighted by molar-refractivity contribution is 0.282. The summed E-state index contributed by atoms with van der Waals surface area (Å²) >= 11 is 0. The molecule has 30 heavy (non-hydrogen) atoms. The minimum absolute atomic E-state index is 0.0321. The van der Waals surface area contributed by atoms with Crippen LogP contribution < -0.4 is 5.32 Å². The lowest BCUT2D eigenvalue weighted by Gasteiger charge is -2.14. The van der Waals surface area contributed by atoms with Gasteiger partial charge >= 0.3 is 0 Å². The number of hydrogen-bond acceptors (Lipinski definition) is 5. The Bertz CT molecular complexity index is 1440. The van der Waals surface area contributed by atoms with Gasteiger partial charge in [0, 0.05) is 40.6 Å². The van der Waals surface area contributed by atoms with Gasteiger partial charge in [0.25, 0.3) is 0 Å². The highest BCUT2D eigenvalue weighted by molar-refractivity contribution is 5.92. The topological polar surface area (TPSA) is 97.9 Å². The summed E-state index contributed by atoms with van der Waals surface area (Å²) in [7, 11) is 0. The SMILES string of the molecule is Cc1c(Nc2c(C#N)cncc2-c2cc3cc(CO)ccc3o2)ccc2[nH]ccc12. The van der Waals surface area contributed by atoms with E-state index < -0.39 is 0 Å². The van der Waals surface area contributed by atoms with Crippen molar-refractivity contribution < 1.29 is 9.52 Å². The molecule has 0 aliphatic rings. The maximum Gasteiger partial charge on any atom is 0.139 e. The minimum Gasteiger partial charge on any atom is -0.456 e. The minimum atomic E-state index is -0.0321. The van der Waals surface area contributed by atoms with E-state index in [1.165, 1.54) is 0 Å². The van der Waals surface area contributed by atoms with E-state index in [9.17, 15) is 10.4 Å². The van der Waals surface area contributed by atoms with Gasteiger partial charge in [-0.25, -0.2) is 0 Å². The van der Waals surface area contributed by atoms with Crippen molar-refractivity contribution in [3.05, 3.63) is 77.7 Å². The number of furan rings is 1. The number of aromatic amines is 1. The number of pyridine rings is 1. The standard InChI is InChI=1S/C24H18N4O2/c1-14-18-6-7-27-21(18)4-3-20(14)28-24-17(10-25)11-26-12-19(24)23-9-16-8-15(13-29)2-5-22(16)30-23/h2-9,11-12,27,29H,13H2,1H3,(H,26,28). The molecular formula is C24H18N4O2. The monoisotopic (exact) mass is 394 g/mol. The van der Waals surface area contributed by atoms with Crippen molar-refractivity contribution in [2.24, 2.45) is 0 Å². The van der Waals surface area contributed by atoms with E-state index in [0.29, 0.717) is 28.2 Å². The molecule has 0 aliphatic heterocycles. The van der Waals surface area contributed by atoms with Crippen LogP contribution in [0.2, 0.25) is 0 Å². The smallest absolute Gasteiger partial charge is 0.139 e. The summed E-state index contributed by atoms with van der Waals surface area (Å²) in [6.45, 7) is 2.01. The maximum absolute atomic E-state index is 9.69. The number of nitriles is 1. The quantitative estimate of drug-likeness (QED) is 0.379. The van der Waals surface area contributed by atoms with Crippen LogP contribution >= 0.6 is 0 Å². The number of hydrogen-bond donors (Lipinski definition) is 3. The Balaban J connectivity index is 1.65. The highest BCUT2D eigenvalue weighted by Gasteiger charge is 2.17. The van der Waals surface area contributed by atoms with Crippen molar-refractivity contribution in [3.63, 3.8) is 0 Å². The Hall–Kier alpha value is -4.08. The largest absolute Gasteiger partial charge is 0.456 e. The summed E-state index contributed by atoms with van der Waals surface area (Å²) in [6, 6.07) is 15.7. The van der Waals surface area contributed by atoms with Crippen molar-refractivity contribution in [1.82, 2.24) is 9.97 Å². The van der Waals surface area contributed by atoms with Gasteiger partial charge in [-0.15, -0.1) is 0 Å². The molecule has 0 radical (unpaired) electrons. The van der Waals surface area contributed by atoms with Gasteiger partial charge in [-0.05, 0) is 54.4 Å². The van der Waals surface area contributed by atoms with Crippen LogP contribution in [0, 0.1) is 18.3 Å². The number of rotatable bonds is 4. The molecular weight excluding hydrogens is 376 g/mol. The number of fused-ring (bicyclic) bond motifs is 2. The first-order valence-corrected chi connectivity index (χ1v) is 9.53. The number of nitrogens with zero attached hydrogens (tertiary/aromatic N) is 2. The van der Waals surface area contributed by atoms with E-state index in [1.807, 2.05) is 55.6 Å². The molecule has 0 aliphatic carbocycles. The van der Waals surface area contributed by atoms with Crippen LogP contribution in [0.15, 0.2) is 65.5 Å². The molecule has 5 rings (SSSR count). The Labute approximate surface area is 172 Å². The van der Waals surface area contributed by atoms with Crippen LogP contribution in [0.5, 0.6) is 0 Å². The van der Waals surface area contributed by atoms with Crippen LogP contribution in [0.4, 0.5) is 11.4 Å². The van der Waals surface area contributed by atoms with Gasteiger partial charge in [0.1, 0.15) is 17.4 Å². The molecule has 0 fully saturated rings. The highest BCUT2D eigenvalue weighted by Crippen LogP contribution is 2.37. The van der Waals surface area contributed by atoms with E-state index in [-0.39, 0.29) is 6.61 Å². The molecule has 3 N–H and O–H groups in total. The molecule has 0 amide bonds. The van der Waals surface area contributed by atoms with Gasteiger partial charge in [-0.1, -0.05) is 6.07 Å². The first-order valence-electron chi connectivity index (χ1n) is 9.53. The van der Waals surface area contributed by atoms with Crippen molar-refractivity contribution in [2.45, 2.75) is 13.5 Å². The third-order valence-corrected chi connectivity index (χ3v) is 5.36. The maximum atomic E-state index is 9.69. The molecule has 0 saturated carbocycles. The number of H-pyrrole nitrogens is 1. The molecule has 0 spiro atoms. The summed E-state index contributed by atoms with van der Waals surface area (Å²) in [5.41, 5.74) is 6.34. The van der Waals surface area contributed by atoms with Gasteiger partial charge < -0.3 is 19.8 Å². The Morgan fingerprint density at radius 2 is 2.07 bits per heavy atom. The number of benzene rings is 2. The highest BCUT2D eigenvalue weighted by atomic mass is 16.3. The molecule has 3 heterocycles. The molecule has 146 valence electrons. The lowest BCUT2D eigenvalue weighted by Crippen LogP contribution is -1.99. The number of anilines is 2. The molecule has 6 heteroatoms. The van der Waals surface area contributed by atoms with E-state index in [1.54, 1.807) is 12.4 Å². The number of nitrogens with one attached hydrogen (secondary N) is 2. The number of aliphatic hydroxyl groups is 1. The zero-order valence-corrected chi connectivity index (χ0v) is 16.2. The lowest BCUT2D eigenvalue weighted by atomic mass is 10.1. The van der Waals surface area contributed by atoms with Crippen LogP contribution in [-0.2, 0) is 6.61 Å². The van der Waals surface area contributed by atoms with Crippen molar-refractivity contribution >= 4 is 33.2 Å². The average molecular weight is 394 g/mol. The Kier molecular flexibility index (Phi) is 4.24. The van der Waals surface area contributed by atoms with E-state index in [2.05, 4.69) is 21.4 Å². The van der Waals surface area contributed by atoms with Gasteiger partial charge in [-0.3, -0.25) is 4.98 Å². The predicted molar refractivity (Wildman–Crippen MR) is 116 cm³/mol. The van der Waals surface area contributed by atoms with Crippen molar-refractivity contribution in [2.75, 3.05) is 5.32 Å². The van der Waals surface area contributed by atoms with E-state index >= 15 is 0 Å². The van der Waals surface area contributed by atoms with Crippen LogP contribution in [0.1, 0.15) is 16.7 Å². The third-order valence-electron chi connectivity index (χ3n) is 5.36. The Morgan fingerprint density at radius 3 is 2.90 bits per heavy atom. The summed E-state index contributed by atoms with van der Waals surface area (Å²) in [5, 5.41) is 24.5. The zero-order chi connectivity index (χ0) is 20.7. The number of aliphatic hydroxyl groups excluding tert-OH is 1. The molecule has 3 aromatic heterocycles. The van der Waals surface area contributed by atoms with Crippen LogP contribution in [-0.4, -0.2) is 15.1 Å². The van der Waals surface area contributed by atoms with Gasteiger partial charge in [-0.2, -0.15) is 5.26 Å². The van der Waals surface area contributed by atoms with Crippen LogP contribution in [0.3, 0.4) is 0 Å². The summed E-state index contributed by atoms with van der Waals surface area (Å²) in [4.78, 5) is 7.45. The Morgan fingerprint density at radius 1 is 1.17 bits per heavy atom. The van der Waals surface area contributed by atoms with E-state index in [0.717, 1.165) is 33.1 Å². The summed E-state index contributed by atoms with van der Waals surface area (Å²) in [6.07, 6.45) is 5.15. The first-order chi connectivity index (χ1) is 14.7. The second-order valence-electron chi connectivity index (χ2n) is 7.16. The molecule has 0 saturated heterocycles. The van der Waals surface area contributed by atoms with Gasteiger partial charge in [0.2, 0.25) is 0 Å². The molecule has 0 bridgehead atoms. The fraction of sp³-hybridized carbons (Fsp3) is 0.0833. The van der Waals surface area contributed by atoms with Crippen LogP contribution in [0.25, 0.3) is 33.2 Å². The third kappa shape index (κ3) is 2.89. The zero-order valence-electron chi connectivity index (χ0n) is 16.2. The predicted octanol–water partition coefficient (Wildman–Crippen LogP) is 5.39. The van der Waals surface area contributed by atoms with Gasteiger partial charge in [0.05, 0.1) is 23.4 Å². The van der Waals surface area contributed by atoms with Gasteiger partial charge in [0.15, 0.2) is 0 Å².